The summed E-state index contributed by atoms with van der Waals surface area (Å²) in [5.41, 5.74) is 0.514. The van der Waals surface area contributed by atoms with Crippen LogP contribution in [0.4, 0.5) is 0 Å². The van der Waals surface area contributed by atoms with Gasteiger partial charge < -0.3 is 9.64 Å². The Hall–Kier alpha value is -0.940. The third-order valence-corrected chi connectivity index (χ3v) is 3.78. The fraction of sp³-hybridized carbons (Fsp3) is 0.571. The van der Waals surface area contributed by atoms with E-state index in [4.69, 9.17) is 4.74 Å². The predicted molar refractivity (Wildman–Crippen MR) is 77.1 cm³/mol. The first kappa shape index (κ1) is 14.5. The van der Waals surface area contributed by atoms with Gasteiger partial charge in [-0.25, -0.2) is 4.98 Å². The molecule has 19 heavy (non-hydrogen) atoms. The molecule has 0 radical (unpaired) electrons. The van der Waals surface area contributed by atoms with E-state index in [1.165, 1.54) is 0 Å². The lowest BCUT2D eigenvalue weighted by Crippen LogP contribution is -2.41. The van der Waals surface area contributed by atoms with Gasteiger partial charge in [0.05, 0.1) is 6.61 Å². The minimum Gasteiger partial charge on any atom is -0.381 e. The van der Waals surface area contributed by atoms with Crippen molar-refractivity contribution in [2.75, 3.05) is 26.3 Å². The molecule has 0 bridgehead atoms. The molecule has 0 aliphatic carbocycles. The van der Waals surface area contributed by atoms with Crippen LogP contribution in [0.25, 0.3) is 0 Å². The van der Waals surface area contributed by atoms with E-state index in [9.17, 15) is 4.79 Å². The molecular weight excluding hydrogens is 308 g/mol. The first-order chi connectivity index (χ1) is 9.20. The Bertz CT molecular complexity index is 422. The largest absolute Gasteiger partial charge is 0.381 e. The number of nitrogens with zero attached hydrogens (tertiary/aromatic N) is 2. The molecule has 104 valence electrons. The number of likely N-dealkylation sites (tertiary alicyclic amines) is 1. The Morgan fingerprint density at radius 3 is 3.11 bits per heavy atom. The highest BCUT2D eigenvalue weighted by Gasteiger charge is 2.25. The van der Waals surface area contributed by atoms with Crippen molar-refractivity contribution in [1.82, 2.24) is 9.88 Å². The summed E-state index contributed by atoms with van der Waals surface area (Å²) in [5.74, 6) is 0.474. The van der Waals surface area contributed by atoms with Crippen LogP contribution >= 0.6 is 15.9 Å². The van der Waals surface area contributed by atoms with Crippen LogP contribution in [-0.2, 0) is 4.74 Å². The smallest absolute Gasteiger partial charge is 0.272 e. The van der Waals surface area contributed by atoms with Crippen molar-refractivity contribution < 1.29 is 9.53 Å². The minimum absolute atomic E-state index is 0.0219. The molecule has 2 heterocycles. The fourth-order valence-corrected chi connectivity index (χ4v) is 2.57. The standard InChI is InChI=1S/C14H19BrN2O2/c1-2-19-10-11-4-3-7-17(9-11)14(18)13-6-5-12(15)8-16-13/h5-6,8,11H,2-4,7,9-10H2,1H3/t11-/m1/s1. The Labute approximate surface area is 122 Å². The van der Waals surface area contributed by atoms with Gasteiger partial charge in [0, 0.05) is 30.4 Å². The number of halogens is 1. The lowest BCUT2D eigenvalue weighted by molar-refractivity contribution is 0.0496. The normalized spacial score (nSPS) is 19.5. The maximum atomic E-state index is 12.3. The molecule has 5 heteroatoms. The SMILES string of the molecule is CCOC[C@@H]1CCCN(C(=O)c2ccc(Br)cn2)C1. The van der Waals surface area contributed by atoms with Crippen LogP contribution in [-0.4, -0.2) is 42.1 Å². The molecule has 1 aromatic rings. The van der Waals surface area contributed by atoms with Crippen LogP contribution in [0.15, 0.2) is 22.8 Å². The summed E-state index contributed by atoms with van der Waals surface area (Å²) in [6.07, 6.45) is 3.84. The second-order valence-electron chi connectivity index (χ2n) is 4.78. The van der Waals surface area contributed by atoms with E-state index in [-0.39, 0.29) is 5.91 Å². The van der Waals surface area contributed by atoms with Gasteiger partial charge in [-0.3, -0.25) is 4.79 Å². The quantitative estimate of drug-likeness (QED) is 0.854. The fourth-order valence-electron chi connectivity index (χ4n) is 2.33. The molecule has 0 saturated carbocycles. The molecule has 1 atom stereocenters. The van der Waals surface area contributed by atoms with Crippen LogP contribution in [0.1, 0.15) is 30.3 Å². The zero-order valence-electron chi connectivity index (χ0n) is 11.1. The number of ether oxygens (including phenoxy) is 1. The molecule has 2 rings (SSSR count). The molecular formula is C14H19BrN2O2. The summed E-state index contributed by atoms with van der Waals surface area (Å²) in [7, 11) is 0. The Kier molecular flexibility index (Phi) is 5.34. The molecule has 0 spiro atoms. The summed E-state index contributed by atoms with van der Waals surface area (Å²) >= 11 is 3.32. The lowest BCUT2D eigenvalue weighted by atomic mass is 9.98. The van der Waals surface area contributed by atoms with Gasteiger partial charge in [-0.15, -0.1) is 0 Å². The third-order valence-electron chi connectivity index (χ3n) is 3.31. The topological polar surface area (TPSA) is 42.4 Å². The molecule has 1 aliphatic heterocycles. The van der Waals surface area contributed by atoms with Gasteiger partial charge in [-0.1, -0.05) is 0 Å². The Morgan fingerprint density at radius 2 is 2.42 bits per heavy atom. The molecule has 0 unspecified atom stereocenters. The summed E-state index contributed by atoms with van der Waals surface area (Å²) in [6.45, 7) is 5.07. The zero-order valence-corrected chi connectivity index (χ0v) is 12.7. The number of carbonyl (C=O) groups is 1. The summed E-state index contributed by atoms with van der Waals surface area (Å²) in [6, 6.07) is 3.61. The van der Waals surface area contributed by atoms with Crippen molar-refractivity contribution >= 4 is 21.8 Å². The van der Waals surface area contributed by atoms with Gasteiger partial charge in [-0.2, -0.15) is 0 Å². The van der Waals surface area contributed by atoms with Crippen molar-refractivity contribution in [2.24, 2.45) is 5.92 Å². The molecule has 0 aromatic carbocycles. The lowest BCUT2D eigenvalue weighted by Gasteiger charge is -2.32. The van der Waals surface area contributed by atoms with E-state index >= 15 is 0 Å². The second kappa shape index (κ2) is 7.01. The van der Waals surface area contributed by atoms with Crippen LogP contribution in [0.2, 0.25) is 0 Å². The number of carbonyl (C=O) groups excluding carboxylic acids is 1. The second-order valence-corrected chi connectivity index (χ2v) is 5.70. The number of hydrogen-bond donors (Lipinski definition) is 0. The number of hydrogen-bond acceptors (Lipinski definition) is 3. The van der Waals surface area contributed by atoms with Crippen LogP contribution < -0.4 is 0 Å². The van der Waals surface area contributed by atoms with Crippen LogP contribution in [0, 0.1) is 5.92 Å². The zero-order chi connectivity index (χ0) is 13.7. The van der Waals surface area contributed by atoms with E-state index < -0.39 is 0 Å². The summed E-state index contributed by atoms with van der Waals surface area (Å²) in [5, 5.41) is 0. The maximum absolute atomic E-state index is 12.3. The average Bonchev–Trinajstić information content (AvgIpc) is 2.45. The molecule has 1 saturated heterocycles. The third kappa shape index (κ3) is 4.01. The van der Waals surface area contributed by atoms with E-state index in [1.807, 2.05) is 17.9 Å². The summed E-state index contributed by atoms with van der Waals surface area (Å²) in [4.78, 5) is 18.4. The van der Waals surface area contributed by atoms with Crippen molar-refractivity contribution in [3.05, 3.63) is 28.5 Å². The van der Waals surface area contributed by atoms with E-state index in [2.05, 4.69) is 20.9 Å². The number of amides is 1. The maximum Gasteiger partial charge on any atom is 0.272 e. The van der Waals surface area contributed by atoms with Gasteiger partial charge in [0.25, 0.3) is 5.91 Å². The molecule has 4 nitrogen and oxygen atoms in total. The number of rotatable bonds is 4. The van der Waals surface area contributed by atoms with E-state index in [1.54, 1.807) is 12.3 Å². The number of aromatic nitrogens is 1. The van der Waals surface area contributed by atoms with E-state index in [0.717, 1.165) is 43.6 Å². The average molecular weight is 327 g/mol. The molecule has 1 amide bonds. The highest BCUT2D eigenvalue weighted by Crippen LogP contribution is 2.19. The van der Waals surface area contributed by atoms with Gasteiger partial charge in [0.15, 0.2) is 0 Å². The van der Waals surface area contributed by atoms with Gasteiger partial charge in [0.2, 0.25) is 0 Å². The Morgan fingerprint density at radius 1 is 1.58 bits per heavy atom. The first-order valence-electron chi connectivity index (χ1n) is 6.69. The first-order valence-corrected chi connectivity index (χ1v) is 7.48. The molecule has 1 aliphatic rings. The molecule has 0 N–H and O–H groups in total. The van der Waals surface area contributed by atoms with Crippen molar-refractivity contribution in [2.45, 2.75) is 19.8 Å². The predicted octanol–water partition coefficient (Wildman–Crippen LogP) is 2.73. The van der Waals surface area contributed by atoms with Gasteiger partial charge in [0.1, 0.15) is 5.69 Å². The monoisotopic (exact) mass is 326 g/mol. The molecule has 1 fully saturated rings. The highest BCUT2D eigenvalue weighted by molar-refractivity contribution is 9.10. The number of pyridine rings is 1. The van der Waals surface area contributed by atoms with Crippen molar-refractivity contribution in [3.8, 4) is 0 Å². The van der Waals surface area contributed by atoms with Crippen LogP contribution in [0.5, 0.6) is 0 Å². The summed E-state index contributed by atoms with van der Waals surface area (Å²) < 4.78 is 6.35. The molecule has 1 aromatic heterocycles. The Balaban J connectivity index is 1.96. The van der Waals surface area contributed by atoms with Gasteiger partial charge in [-0.05, 0) is 53.7 Å². The van der Waals surface area contributed by atoms with E-state index in [0.29, 0.717) is 11.6 Å². The van der Waals surface area contributed by atoms with Gasteiger partial charge >= 0.3 is 0 Å². The van der Waals surface area contributed by atoms with Crippen molar-refractivity contribution in [1.29, 1.82) is 0 Å². The minimum atomic E-state index is 0.0219. The van der Waals surface area contributed by atoms with Crippen molar-refractivity contribution in [3.63, 3.8) is 0 Å². The highest BCUT2D eigenvalue weighted by atomic mass is 79.9. The number of piperidine rings is 1. The van der Waals surface area contributed by atoms with Crippen LogP contribution in [0.3, 0.4) is 0 Å².